The Morgan fingerprint density at radius 2 is 1.33 bits per heavy atom. The summed E-state index contributed by atoms with van der Waals surface area (Å²) in [7, 11) is 0. The van der Waals surface area contributed by atoms with Gasteiger partial charge in [-0.3, -0.25) is 0 Å². The van der Waals surface area contributed by atoms with E-state index in [4.69, 9.17) is 33.2 Å². The van der Waals surface area contributed by atoms with Crippen molar-refractivity contribution in [3.8, 4) is 0 Å². The van der Waals surface area contributed by atoms with Gasteiger partial charge in [-0.15, -0.1) is 0 Å². The highest BCUT2D eigenvalue weighted by atomic mass is 16.8. The van der Waals surface area contributed by atoms with Gasteiger partial charge in [0.05, 0.1) is 43.7 Å². The highest BCUT2D eigenvalue weighted by Gasteiger charge is 2.79. The Bertz CT molecular complexity index is 1730. The van der Waals surface area contributed by atoms with E-state index in [1.165, 1.54) is 0 Å². The Morgan fingerprint density at radius 3 is 2.03 bits per heavy atom. The molecule has 24 atom stereocenters. The van der Waals surface area contributed by atoms with Gasteiger partial charge in [0.15, 0.2) is 18.9 Å². The number of aliphatic hydroxyl groups is 9. The third-order valence-corrected chi connectivity index (χ3v) is 19.5. The zero-order valence-corrected chi connectivity index (χ0v) is 38.3. The van der Waals surface area contributed by atoms with Crippen LogP contribution in [-0.4, -0.2) is 170 Å². The largest absolute Gasteiger partial charge is 0.394 e. The second-order valence-corrected chi connectivity index (χ2v) is 23.5. The van der Waals surface area contributed by atoms with Crippen LogP contribution in [0.1, 0.15) is 107 Å². The van der Waals surface area contributed by atoms with Crippen molar-refractivity contribution in [2.24, 2.45) is 50.2 Å². The van der Waals surface area contributed by atoms with Gasteiger partial charge in [0.25, 0.3) is 0 Å². The van der Waals surface area contributed by atoms with Gasteiger partial charge in [0, 0.05) is 16.7 Å². The molecule has 9 rings (SSSR count). The van der Waals surface area contributed by atoms with Crippen molar-refractivity contribution in [2.45, 2.75) is 211 Å². The third kappa shape index (κ3) is 6.73. The van der Waals surface area contributed by atoms with Gasteiger partial charge in [-0.25, -0.2) is 0 Å². The van der Waals surface area contributed by atoms with Crippen molar-refractivity contribution in [2.75, 3.05) is 19.8 Å². The first-order valence-corrected chi connectivity index (χ1v) is 23.7. The van der Waals surface area contributed by atoms with E-state index in [2.05, 4.69) is 60.6 Å². The molecule has 63 heavy (non-hydrogen) atoms. The Labute approximate surface area is 371 Å². The number of ether oxygens (including phenoxy) is 7. The molecule has 9 N–H and O–H groups in total. The predicted molar refractivity (Wildman–Crippen MR) is 222 cm³/mol. The SMILES string of the molecule is CC1OC(OC2CCC3(C)C(CCC4(C)C3C=CC35OCC6(CCC(C)(C)CC63)C(O)CC45C)C2(C)C)C(OC2OC(CO)C(O)C(O)C2OC2OCC(O)C(O)C2O)C(O)C1O. The molecule has 1 spiro atoms. The van der Waals surface area contributed by atoms with Crippen LogP contribution in [0.5, 0.6) is 0 Å². The molecule has 4 heterocycles. The van der Waals surface area contributed by atoms with Crippen LogP contribution < -0.4 is 0 Å². The number of allylic oxidation sites excluding steroid dienone is 1. The lowest BCUT2D eigenvalue weighted by Gasteiger charge is -2.73. The van der Waals surface area contributed by atoms with Gasteiger partial charge in [0.1, 0.15) is 61.0 Å². The minimum Gasteiger partial charge on any atom is -0.394 e. The molecule has 5 aliphatic carbocycles. The molecule has 4 saturated heterocycles. The van der Waals surface area contributed by atoms with Crippen LogP contribution in [0.3, 0.4) is 0 Å². The van der Waals surface area contributed by atoms with Crippen LogP contribution in [0.15, 0.2) is 12.2 Å². The van der Waals surface area contributed by atoms with Gasteiger partial charge in [-0.2, -0.15) is 0 Å². The summed E-state index contributed by atoms with van der Waals surface area (Å²) in [5, 5.41) is 98.1. The molecule has 0 aromatic heterocycles. The topological polar surface area (TPSA) is 247 Å². The molecule has 0 amide bonds. The zero-order valence-electron chi connectivity index (χ0n) is 38.3. The van der Waals surface area contributed by atoms with Crippen molar-refractivity contribution < 1.29 is 79.1 Å². The van der Waals surface area contributed by atoms with Crippen LogP contribution >= 0.6 is 0 Å². The summed E-state index contributed by atoms with van der Waals surface area (Å²) in [6.07, 6.45) is -9.72. The fourth-order valence-electron chi connectivity index (χ4n) is 15.5. The molecule has 4 aliphatic heterocycles. The van der Waals surface area contributed by atoms with E-state index in [0.29, 0.717) is 13.0 Å². The molecule has 0 radical (unpaired) electrons. The monoisotopic (exact) mass is 897 g/mol. The molecule has 16 heteroatoms. The summed E-state index contributed by atoms with van der Waals surface area (Å²) < 4.78 is 43.9. The molecule has 8 fully saturated rings. The van der Waals surface area contributed by atoms with E-state index in [9.17, 15) is 46.0 Å². The average Bonchev–Trinajstić information content (AvgIpc) is 3.50. The summed E-state index contributed by atoms with van der Waals surface area (Å²) in [5.74, 6) is 0.655. The van der Waals surface area contributed by atoms with E-state index in [1.807, 2.05) is 0 Å². The zero-order chi connectivity index (χ0) is 45.6. The fourth-order valence-corrected chi connectivity index (χ4v) is 15.5. The van der Waals surface area contributed by atoms with Gasteiger partial charge >= 0.3 is 0 Å². The predicted octanol–water partition coefficient (Wildman–Crippen LogP) is 1.27. The van der Waals surface area contributed by atoms with Crippen LogP contribution in [0.2, 0.25) is 0 Å². The van der Waals surface area contributed by atoms with Crippen molar-refractivity contribution in [3.05, 3.63) is 12.2 Å². The first-order valence-electron chi connectivity index (χ1n) is 23.7. The standard InChI is InChI=1S/C47H76O16/c1-22-30(51)33(54)36(63-40-37(34(55)32(53)24(19-48)60-40)62-38-35(56)31(52)23(49)20-57-38)39(59-22)61-29-11-12-43(6)25(42(29,4)5)9-13-44(7)26(43)10-14-47-27-17-41(2,3)15-16-46(27,21-58-47)28(50)18-45(44,47)8/h10,14,22-40,48-56H,9,11-13,15-21H2,1-8H3. The lowest BCUT2D eigenvalue weighted by atomic mass is 9.32. The van der Waals surface area contributed by atoms with E-state index < -0.39 is 122 Å². The number of fused-ring (bicyclic) bond motifs is 4. The van der Waals surface area contributed by atoms with Crippen molar-refractivity contribution in [1.82, 2.24) is 0 Å². The van der Waals surface area contributed by atoms with Crippen molar-refractivity contribution in [1.29, 1.82) is 0 Å². The molecule has 24 unspecified atom stereocenters. The van der Waals surface area contributed by atoms with E-state index in [0.717, 1.165) is 44.9 Å². The van der Waals surface area contributed by atoms with E-state index in [1.54, 1.807) is 6.92 Å². The van der Waals surface area contributed by atoms with Gasteiger partial charge in [-0.1, -0.05) is 60.6 Å². The number of hydrogen-bond donors (Lipinski definition) is 9. The Hall–Kier alpha value is -0.900. The average molecular weight is 897 g/mol. The van der Waals surface area contributed by atoms with Gasteiger partial charge < -0.3 is 79.1 Å². The van der Waals surface area contributed by atoms with Crippen molar-refractivity contribution in [3.63, 3.8) is 0 Å². The Morgan fingerprint density at radius 1 is 0.667 bits per heavy atom. The second kappa shape index (κ2) is 15.8. The normalized spacial score (nSPS) is 58.3. The second-order valence-electron chi connectivity index (χ2n) is 23.5. The lowest BCUT2D eigenvalue weighted by molar-refractivity contribution is -0.393. The fraction of sp³-hybridized carbons (Fsp3) is 0.957. The van der Waals surface area contributed by atoms with Crippen LogP contribution in [0, 0.1) is 50.2 Å². The summed E-state index contributed by atoms with van der Waals surface area (Å²) in [4.78, 5) is 0. The number of hydrogen-bond acceptors (Lipinski definition) is 16. The Kier molecular flexibility index (Phi) is 11.8. The molecular weight excluding hydrogens is 821 g/mol. The minimum absolute atomic E-state index is 0.139. The first kappa shape index (κ1) is 47.2. The van der Waals surface area contributed by atoms with Crippen LogP contribution in [0.4, 0.5) is 0 Å². The summed E-state index contributed by atoms with van der Waals surface area (Å²) in [6.45, 7) is 17.6. The highest BCUT2D eigenvalue weighted by Crippen LogP contribution is 2.79. The summed E-state index contributed by atoms with van der Waals surface area (Å²) in [6, 6.07) is 0. The molecule has 9 aliphatic rings. The maximum Gasteiger partial charge on any atom is 0.187 e. The number of aliphatic hydroxyl groups excluding tert-OH is 9. The molecule has 2 bridgehead atoms. The quantitative estimate of drug-likeness (QED) is 0.129. The molecule has 360 valence electrons. The van der Waals surface area contributed by atoms with Gasteiger partial charge in [-0.05, 0) is 91.8 Å². The molecular formula is C47H76O16. The van der Waals surface area contributed by atoms with Crippen LogP contribution in [0.25, 0.3) is 0 Å². The summed E-state index contributed by atoms with van der Waals surface area (Å²) in [5.41, 5.74) is -1.48. The lowest BCUT2D eigenvalue weighted by Crippen LogP contribution is -2.72. The smallest absolute Gasteiger partial charge is 0.187 e. The summed E-state index contributed by atoms with van der Waals surface area (Å²) >= 11 is 0. The molecule has 16 nitrogen and oxygen atoms in total. The first-order chi connectivity index (χ1) is 29.4. The van der Waals surface area contributed by atoms with E-state index in [-0.39, 0.29) is 44.8 Å². The maximum absolute atomic E-state index is 12.2. The highest BCUT2D eigenvalue weighted by molar-refractivity contribution is 5.36. The Balaban J connectivity index is 0.975. The maximum atomic E-state index is 12.2. The number of rotatable bonds is 7. The molecule has 4 saturated carbocycles. The van der Waals surface area contributed by atoms with Crippen molar-refractivity contribution >= 4 is 0 Å². The molecule has 0 aromatic rings. The van der Waals surface area contributed by atoms with E-state index >= 15 is 0 Å². The molecule has 0 aromatic carbocycles. The van der Waals surface area contributed by atoms with Gasteiger partial charge in [0.2, 0.25) is 0 Å². The van der Waals surface area contributed by atoms with Crippen LogP contribution in [-0.2, 0) is 33.2 Å². The third-order valence-electron chi connectivity index (χ3n) is 19.5. The minimum atomic E-state index is -1.78.